The van der Waals surface area contributed by atoms with Crippen molar-refractivity contribution < 1.29 is 0 Å². The Morgan fingerprint density at radius 2 is 1.24 bits per heavy atom. The zero-order valence-electron chi connectivity index (χ0n) is 26.8. The van der Waals surface area contributed by atoms with E-state index in [2.05, 4.69) is 161 Å². The number of nitrogens with one attached hydrogen (secondary N) is 1. The second-order valence-electron chi connectivity index (χ2n) is 13.0. The van der Waals surface area contributed by atoms with Gasteiger partial charge in [0.1, 0.15) is 5.37 Å². The molecular formula is C45H28N4S. The van der Waals surface area contributed by atoms with Gasteiger partial charge in [0.2, 0.25) is 0 Å². The van der Waals surface area contributed by atoms with Crippen LogP contribution >= 0.6 is 11.8 Å². The molecule has 3 aromatic heterocycles. The van der Waals surface area contributed by atoms with Crippen LogP contribution in [-0.2, 0) is 0 Å². The molecule has 0 amide bonds. The minimum Gasteiger partial charge on any atom is -0.368 e. The molecule has 0 bridgehead atoms. The highest BCUT2D eigenvalue weighted by Crippen LogP contribution is 2.54. The smallest absolute Gasteiger partial charge is 0.160 e. The Hall–Kier alpha value is -6.17. The highest BCUT2D eigenvalue weighted by Gasteiger charge is 2.30. The molecule has 234 valence electrons. The van der Waals surface area contributed by atoms with Gasteiger partial charge in [-0.2, -0.15) is 0 Å². The van der Waals surface area contributed by atoms with Gasteiger partial charge < -0.3 is 9.72 Å². The zero-order valence-corrected chi connectivity index (χ0v) is 27.7. The van der Waals surface area contributed by atoms with Crippen LogP contribution in [0.3, 0.4) is 0 Å². The topological polar surface area (TPSA) is 42.2 Å². The number of aromatic nitrogens is 3. The average Bonchev–Trinajstić information content (AvgIpc) is 3.87. The molecule has 4 heterocycles. The zero-order chi connectivity index (χ0) is 32.8. The first kappa shape index (κ1) is 27.7. The van der Waals surface area contributed by atoms with Crippen molar-refractivity contribution >= 4 is 66.4 Å². The molecule has 0 spiro atoms. The molecule has 0 fully saturated rings. The van der Waals surface area contributed by atoms with E-state index in [1.54, 1.807) is 0 Å². The second-order valence-corrected chi connectivity index (χ2v) is 14.1. The fraction of sp³-hybridized carbons (Fsp3) is 0.0222. The number of nitrogens with zero attached hydrogens (tertiary/aromatic N) is 3. The minimum absolute atomic E-state index is 0.154. The van der Waals surface area contributed by atoms with E-state index in [1.807, 2.05) is 17.8 Å². The van der Waals surface area contributed by atoms with E-state index in [9.17, 15) is 0 Å². The van der Waals surface area contributed by atoms with Crippen LogP contribution in [0.2, 0.25) is 0 Å². The molecule has 4 nitrogen and oxygen atoms in total. The fourth-order valence-corrected chi connectivity index (χ4v) is 9.16. The molecule has 0 saturated heterocycles. The summed E-state index contributed by atoms with van der Waals surface area (Å²) in [6.45, 7) is 0. The SMILES string of the molecule is c1ccc(-c2cccc(-c3nc(-c4ccc5c(c4)c4c6c(cc7c8ccccc8n5c74)NC(c4ccccc4)S6)c4ccccc4n3)c2)cc1. The maximum Gasteiger partial charge on any atom is 0.160 e. The van der Waals surface area contributed by atoms with Gasteiger partial charge in [-0.05, 0) is 53.1 Å². The highest BCUT2D eigenvalue weighted by atomic mass is 32.2. The van der Waals surface area contributed by atoms with E-state index < -0.39 is 0 Å². The Bertz CT molecular complexity index is 2930. The summed E-state index contributed by atoms with van der Waals surface area (Å²) in [4.78, 5) is 11.7. The van der Waals surface area contributed by atoms with Gasteiger partial charge in [-0.25, -0.2) is 9.97 Å². The van der Waals surface area contributed by atoms with Crippen molar-refractivity contribution in [3.05, 3.63) is 163 Å². The highest BCUT2D eigenvalue weighted by molar-refractivity contribution is 8.00. The molecule has 1 atom stereocenters. The Kier molecular flexibility index (Phi) is 5.92. The molecule has 7 aromatic carbocycles. The Balaban J connectivity index is 1.15. The van der Waals surface area contributed by atoms with Crippen LogP contribution in [0.4, 0.5) is 5.69 Å². The number of para-hydroxylation sites is 2. The van der Waals surface area contributed by atoms with Crippen molar-refractivity contribution in [2.45, 2.75) is 10.3 Å². The lowest BCUT2D eigenvalue weighted by Gasteiger charge is -2.11. The van der Waals surface area contributed by atoms with Gasteiger partial charge in [0.05, 0.1) is 33.4 Å². The largest absolute Gasteiger partial charge is 0.368 e. The quantitative estimate of drug-likeness (QED) is 0.205. The molecule has 10 aromatic rings. The van der Waals surface area contributed by atoms with Crippen LogP contribution < -0.4 is 5.32 Å². The van der Waals surface area contributed by atoms with Crippen molar-refractivity contribution in [1.29, 1.82) is 0 Å². The predicted octanol–water partition coefficient (Wildman–Crippen LogP) is 12.0. The van der Waals surface area contributed by atoms with Gasteiger partial charge in [0.25, 0.3) is 0 Å². The molecule has 0 saturated carbocycles. The van der Waals surface area contributed by atoms with Gasteiger partial charge >= 0.3 is 0 Å². The molecule has 1 aliphatic rings. The first-order valence-corrected chi connectivity index (χ1v) is 17.8. The molecule has 0 radical (unpaired) electrons. The number of rotatable bonds is 4. The average molecular weight is 657 g/mol. The lowest BCUT2D eigenvalue weighted by Crippen LogP contribution is -2.00. The van der Waals surface area contributed by atoms with Crippen molar-refractivity contribution in [2.24, 2.45) is 0 Å². The van der Waals surface area contributed by atoms with E-state index in [4.69, 9.17) is 9.97 Å². The van der Waals surface area contributed by atoms with E-state index in [0.29, 0.717) is 0 Å². The predicted molar refractivity (Wildman–Crippen MR) is 209 cm³/mol. The third-order valence-electron chi connectivity index (χ3n) is 10.1. The van der Waals surface area contributed by atoms with Gasteiger partial charge in [0, 0.05) is 43.0 Å². The summed E-state index contributed by atoms with van der Waals surface area (Å²) in [6, 6.07) is 56.2. The number of anilines is 1. The second kappa shape index (κ2) is 10.7. The van der Waals surface area contributed by atoms with Crippen molar-refractivity contribution in [3.63, 3.8) is 0 Å². The summed E-state index contributed by atoms with van der Waals surface area (Å²) in [5.74, 6) is 0.725. The molecule has 50 heavy (non-hydrogen) atoms. The van der Waals surface area contributed by atoms with Crippen molar-refractivity contribution in [3.8, 4) is 33.8 Å². The molecule has 1 unspecified atom stereocenters. The molecule has 5 heteroatoms. The summed E-state index contributed by atoms with van der Waals surface area (Å²) < 4.78 is 2.47. The number of benzene rings is 7. The molecule has 1 N–H and O–H groups in total. The van der Waals surface area contributed by atoms with Crippen molar-refractivity contribution in [1.82, 2.24) is 14.4 Å². The molecular weight excluding hydrogens is 629 g/mol. The maximum absolute atomic E-state index is 5.33. The summed E-state index contributed by atoms with van der Waals surface area (Å²) in [5.41, 5.74) is 12.5. The van der Waals surface area contributed by atoms with Crippen LogP contribution in [0.5, 0.6) is 0 Å². The van der Waals surface area contributed by atoms with Crippen LogP contribution in [-0.4, -0.2) is 14.4 Å². The van der Waals surface area contributed by atoms with E-state index >= 15 is 0 Å². The standard InChI is InChI=1S/C45H28N4S/c1-3-12-27(13-4-1)29-16-11-17-31(24-29)44-46-36-20-9-7-19-33(36)41(48-44)30-22-23-39-35(25-30)40-42-34(32-18-8-10-21-38(32)49(39)42)26-37-43(40)50-45(47-37)28-14-5-2-6-15-28/h1-26,45,47H. The van der Waals surface area contributed by atoms with Gasteiger partial charge in [-0.15, -0.1) is 0 Å². The molecule has 11 rings (SSSR count). The summed E-state index contributed by atoms with van der Waals surface area (Å²) in [7, 11) is 0. The monoisotopic (exact) mass is 656 g/mol. The van der Waals surface area contributed by atoms with Crippen LogP contribution in [0.1, 0.15) is 10.9 Å². The van der Waals surface area contributed by atoms with Crippen molar-refractivity contribution in [2.75, 3.05) is 5.32 Å². The normalized spacial score (nSPS) is 14.3. The molecule has 1 aliphatic heterocycles. The summed E-state index contributed by atoms with van der Waals surface area (Å²) in [5, 5.41) is 10.2. The lowest BCUT2D eigenvalue weighted by atomic mass is 10.0. The number of fused-ring (bicyclic) bond motifs is 9. The maximum atomic E-state index is 5.33. The van der Waals surface area contributed by atoms with E-state index in [-0.39, 0.29) is 5.37 Å². The molecule has 0 aliphatic carbocycles. The Morgan fingerprint density at radius 3 is 2.12 bits per heavy atom. The number of thioether (sulfide) groups is 1. The van der Waals surface area contributed by atoms with Gasteiger partial charge in [-0.3, -0.25) is 0 Å². The third-order valence-corrected chi connectivity index (χ3v) is 11.4. The van der Waals surface area contributed by atoms with Crippen LogP contribution in [0.15, 0.2) is 163 Å². The van der Waals surface area contributed by atoms with Gasteiger partial charge in [0.15, 0.2) is 5.82 Å². The number of hydrogen-bond donors (Lipinski definition) is 1. The third kappa shape index (κ3) is 4.07. The van der Waals surface area contributed by atoms with Gasteiger partial charge in [-0.1, -0.05) is 133 Å². The Labute approximate surface area is 292 Å². The first-order valence-electron chi connectivity index (χ1n) is 16.9. The Morgan fingerprint density at radius 1 is 0.520 bits per heavy atom. The fourth-order valence-electron chi connectivity index (χ4n) is 7.88. The van der Waals surface area contributed by atoms with E-state index in [0.717, 1.165) is 39.1 Å². The summed E-state index contributed by atoms with van der Waals surface area (Å²) in [6.07, 6.45) is 0. The van der Waals surface area contributed by atoms with Crippen LogP contribution in [0.25, 0.3) is 82.8 Å². The first-order chi connectivity index (χ1) is 24.8. The van der Waals surface area contributed by atoms with Crippen LogP contribution in [0, 0.1) is 0 Å². The summed E-state index contributed by atoms with van der Waals surface area (Å²) >= 11 is 1.92. The minimum atomic E-state index is 0.154. The van der Waals surface area contributed by atoms with E-state index in [1.165, 1.54) is 59.8 Å². The lowest BCUT2D eigenvalue weighted by molar-refractivity contribution is 1.14. The number of hydrogen-bond acceptors (Lipinski definition) is 4.